The highest BCUT2D eigenvalue weighted by Gasteiger charge is 2.18. The molecule has 0 saturated heterocycles. The van der Waals surface area contributed by atoms with Crippen LogP contribution < -0.4 is 0 Å². The number of hydrogen-bond acceptors (Lipinski definition) is 3. The van der Waals surface area contributed by atoms with Crippen molar-refractivity contribution >= 4 is 34.7 Å². The highest BCUT2D eigenvalue weighted by molar-refractivity contribution is 6.34. The van der Waals surface area contributed by atoms with Gasteiger partial charge in [-0.1, -0.05) is 35.3 Å². The number of carbonyl (C=O) groups excluding carboxylic acids is 1. The standard InChI is InChI=1S/C14H9Cl2NO3/c15-10-5-6-13(17(19)20)9(7-10)8-14(18)11-3-1-2-4-12(11)16/h1-7H,8H2. The van der Waals surface area contributed by atoms with E-state index in [9.17, 15) is 14.9 Å². The van der Waals surface area contributed by atoms with E-state index in [-0.39, 0.29) is 23.5 Å². The summed E-state index contributed by atoms with van der Waals surface area (Å²) in [6.07, 6.45) is -0.124. The van der Waals surface area contributed by atoms with E-state index < -0.39 is 4.92 Å². The highest BCUT2D eigenvalue weighted by Crippen LogP contribution is 2.25. The van der Waals surface area contributed by atoms with Crippen LogP contribution in [0.3, 0.4) is 0 Å². The number of carbonyl (C=O) groups is 1. The van der Waals surface area contributed by atoms with Crippen LogP contribution in [0.4, 0.5) is 5.69 Å². The maximum absolute atomic E-state index is 12.2. The predicted octanol–water partition coefficient (Wildman–Crippen LogP) is 4.33. The molecule has 2 rings (SSSR count). The van der Waals surface area contributed by atoms with Gasteiger partial charge in [0.2, 0.25) is 0 Å². The van der Waals surface area contributed by atoms with E-state index in [0.717, 1.165) is 0 Å². The van der Waals surface area contributed by atoms with Crippen LogP contribution in [0, 0.1) is 10.1 Å². The van der Waals surface area contributed by atoms with E-state index in [1.165, 1.54) is 18.2 Å². The van der Waals surface area contributed by atoms with E-state index in [1.807, 2.05) is 0 Å². The third kappa shape index (κ3) is 3.15. The molecule has 0 N–H and O–H groups in total. The Labute approximate surface area is 125 Å². The average molecular weight is 310 g/mol. The lowest BCUT2D eigenvalue weighted by atomic mass is 10.0. The molecule has 0 aromatic heterocycles. The fourth-order valence-electron chi connectivity index (χ4n) is 1.83. The van der Waals surface area contributed by atoms with E-state index in [4.69, 9.17) is 23.2 Å². The average Bonchev–Trinajstić information content (AvgIpc) is 2.38. The smallest absolute Gasteiger partial charge is 0.273 e. The Balaban J connectivity index is 2.35. The third-order valence-corrected chi connectivity index (χ3v) is 3.33. The van der Waals surface area contributed by atoms with Crippen LogP contribution in [0.25, 0.3) is 0 Å². The number of halogens is 2. The Morgan fingerprint density at radius 1 is 1.15 bits per heavy atom. The van der Waals surface area contributed by atoms with Gasteiger partial charge in [0.15, 0.2) is 5.78 Å². The van der Waals surface area contributed by atoms with Crippen molar-refractivity contribution in [3.8, 4) is 0 Å². The molecule has 0 heterocycles. The molecule has 4 nitrogen and oxygen atoms in total. The van der Waals surface area contributed by atoms with Gasteiger partial charge in [-0.05, 0) is 24.3 Å². The minimum absolute atomic E-state index is 0.124. The molecule has 20 heavy (non-hydrogen) atoms. The molecular formula is C14H9Cl2NO3. The van der Waals surface area contributed by atoms with Gasteiger partial charge in [0.05, 0.1) is 9.95 Å². The Morgan fingerprint density at radius 3 is 2.50 bits per heavy atom. The fourth-order valence-corrected chi connectivity index (χ4v) is 2.27. The normalized spacial score (nSPS) is 10.3. The first kappa shape index (κ1) is 14.5. The molecule has 2 aromatic carbocycles. The topological polar surface area (TPSA) is 60.2 Å². The highest BCUT2D eigenvalue weighted by atomic mass is 35.5. The van der Waals surface area contributed by atoms with Crippen molar-refractivity contribution in [3.05, 3.63) is 73.8 Å². The second-order valence-corrected chi connectivity index (χ2v) is 4.95. The predicted molar refractivity (Wildman–Crippen MR) is 77.6 cm³/mol. The number of benzene rings is 2. The first-order chi connectivity index (χ1) is 9.49. The van der Waals surface area contributed by atoms with Gasteiger partial charge in [0, 0.05) is 28.6 Å². The molecule has 0 atom stereocenters. The zero-order valence-corrected chi connectivity index (χ0v) is 11.7. The van der Waals surface area contributed by atoms with Crippen LogP contribution in [0.1, 0.15) is 15.9 Å². The Morgan fingerprint density at radius 2 is 1.85 bits per heavy atom. The van der Waals surface area contributed by atoms with Crippen LogP contribution >= 0.6 is 23.2 Å². The van der Waals surface area contributed by atoms with Crippen molar-refractivity contribution in [2.45, 2.75) is 6.42 Å². The Kier molecular flexibility index (Phi) is 4.37. The molecule has 0 radical (unpaired) electrons. The second kappa shape index (κ2) is 6.03. The molecule has 0 amide bonds. The van der Waals surface area contributed by atoms with Crippen molar-refractivity contribution in [2.75, 3.05) is 0 Å². The van der Waals surface area contributed by atoms with Gasteiger partial charge in [-0.3, -0.25) is 14.9 Å². The fraction of sp³-hybridized carbons (Fsp3) is 0.0714. The van der Waals surface area contributed by atoms with Crippen LogP contribution in [0.2, 0.25) is 10.0 Å². The van der Waals surface area contributed by atoms with Crippen molar-refractivity contribution in [2.24, 2.45) is 0 Å². The van der Waals surface area contributed by atoms with Gasteiger partial charge in [0.25, 0.3) is 5.69 Å². The van der Waals surface area contributed by atoms with E-state index in [0.29, 0.717) is 15.6 Å². The number of nitrogens with zero attached hydrogens (tertiary/aromatic N) is 1. The first-order valence-electron chi connectivity index (χ1n) is 5.69. The monoisotopic (exact) mass is 309 g/mol. The molecule has 2 aromatic rings. The molecule has 0 aliphatic heterocycles. The summed E-state index contributed by atoms with van der Waals surface area (Å²) >= 11 is 11.8. The molecule has 102 valence electrons. The number of rotatable bonds is 4. The zero-order valence-electron chi connectivity index (χ0n) is 10.2. The molecular weight excluding hydrogens is 301 g/mol. The van der Waals surface area contributed by atoms with Gasteiger partial charge >= 0.3 is 0 Å². The lowest BCUT2D eigenvalue weighted by Crippen LogP contribution is -2.06. The summed E-state index contributed by atoms with van der Waals surface area (Å²) in [4.78, 5) is 22.6. The van der Waals surface area contributed by atoms with Crippen LogP contribution in [0.15, 0.2) is 42.5 Å². The molecule has 0 spiro atoms. The molecule has 0 bridgehead atoms. The van der Waals surface area contributed by atoms with Gasteiger partial charge in [-0.2, -0.15) is 0 Å². The maximum atomic E-state index is 12.2. The van der Waals surface area contributed by atoms with Crippen LogP contribution in [-0.2, 0) is 6.42 Å². The number of hydrogen-bond donors (Lipinski definition) is 0. The van der Waals surface area contributed by atoms with Crippen molar-refractivity contribution in [1.29, 1.82) is 0 Å². The quantitative estimate of drug-likeness (QED) is 0.480. The zero-order chi connectivity index (χ0) is 14.7. The third-order valence-electron chi connectivity index (χ3n) is 2.76. The first-order valence-corrected chi connectivity index (χ1v) is 6.45. The summed E-state index contributed by atoms with van der Waals surface area (Å²) in [7, 11) is 0. The van der Waals surface area contributed by atoms with Gasteiger partial charge in [0.1, 0.15) is 0 Å². The lowest BCUT2D eigenvalue weighted by molar-refractivity contribution is -0.385. The summed E-state index contributed by atoms with van der Waals surface area (Å²) < 4.78 is 0. The van der Waals surface area contributed by atoms with Crippen molar-refractivity contribution in [3.63, 3.8) is 0 Å². The van der Waals surface area contributed by atoms with Gasteiger partial charge < -0.3 is 0 Å². The van der Waals surface area contributed by atoms with Crippen LogP contribution in [0.5, 0.6) is 0 Å². The summed E-state index contributed by atoms with van der Waals surface area (Å²) in [6, 6.07) is 10.7. The molecule has 6 heteroatoms. The molecule has 0 aliphatic rings. The minimum atomic E-state index is -0.536. The number of ketones is 1. The largest absolute Gasteiger partial charge is 0.294 e. The Hall–Kier alpha value is -1.91. The van der Waals surface area contributed by atoms with Crippen molar-refractivity contribution in [1.82, 2.24) is 0 Å². The second-order valence-electron chi connectivity index (χ2n) is 4.11. The van der Waals surface area contributed by atoms with Gasteiger partial charge in [-0.15, -0.1) is 0 Å². The molecule has 0 saturated carbocycles. The number of nitro benzene ring substituents is 1. The van der Waals surface area contributed by atoms with Crippen LogP contribution in [-0.4, -0.2) is 10.7 Å². The van der Waals surface area contributed by atoms with E-state index >= 15 is 0 Å². The summed E-state index contributed by atoms with van der Waals surface area (Å²) in [5.74, 6) is -0.291. The lowest BCUT2D eigenvalue weighted by Gasteiger charge is -2.05. The molecule has 0 aliphatic carbocycles. The number of nitro groups is 1. The summed E-state index contributed by atoms with van der Waals surface area (Å²) in [5.41, 5.74) is 0.477. The SMILES string of the molecule is O=C(Cc1cc(Cl)ccc1[N+](=O)[O-])c1ccccc1Cl. The number of Topliss-reactive ketones (excluding diaryl/α,β-unsaturated/α-hetero) is 1. The molecule has 0 unspecified atom stereocenters. The Bertz CT molecular complexity index is 686. The van der Waals surface area contributed by atoms with Crippen molar-refractivity contribution < 1.29 is 9.72 Å². The van der Waals surface area contributed by atoms with E-state index in [1.54, 1.807) is 24.3 Å². The molecule has 0 fully saturated rings. The maximum Gasteiger partial charge on any atom is 0.273 e. The van der Waals surface area contributed by atoms with E-state index in [2.05, 4.69) is 0 Å². The summed E-state index contributed by atoms with van der Waals surface area (Å²) in [6.45, 7) is 0. The minimum Gasteiger partial charge on any atom is -0.294 e. The van der Waals surface area contributed by atoms with Gasteiger partial charge in [-0.25, -0.2) is 0 Å². The summed E-state index contributed by atoms with van der Waals surface area (Å²) in [5, 5.41) is 11.6.